The fourth-order valence-electron chi connectivity index (χ4n) is 1.70. The number of carbonyl (C=O) groups excluding carboxylic acids is 1. The first-order valence-electron chi connectivity index (χ1n) is 6.74. The van der Waals surface area contributed by atoms with Crippen LogP contribution in [0, 0.1) is 0 Å². The van der Waals surface area contributed by atoms with Gasteiger partial charge in [0.1, 0.15) is 17.3 Å². The molecule has 0 saturated heterocycles. The topological polar surface area (TPSA) is 108 Å². The fraction of sp³-hybridized carbons (Fsp3) is 0.286. The van der Waals surface area contributed by atoms with Crippen LogP contribution in [0.25, 0.3) is 0 Å². The number of methoxy groups -OCH3 is 1. The number of aromatic nitrogens is 1. The standard InChI is InChI=1S/C14H15BrN2O6S/c1-9(18)12-8-16-14(23-12)17-24(19,20)13-7-10(15)3-4-11(13)22-6-5-21-2/h3-4,7-8H,5-6H2,1-2H3,(H,16,17). The molecule has 0 saturated carbocycles. The highest BCUT2D eigenvalue weighted by Gasteiger charge is 2.23. The summed E-state index contributed by atoms with van der Waals surface area (Å²) < 4.78 is 43.2. The maximum absolute atomic E-state index is 12.6. The number of ether oxygens (including phenoxy) is 2. The lowest BCUT2D eigenvalue weighted by Crippen LogP contribution is -2.15. The van der Waals surface area contributed by atoms with Crippen molar-refractivity contribution in [2.75, 3.05) is 25.0 Å². The van der Waals surface area contributed by atoms with Gasteiger partial charge in [-0.2, -0.15) is 0 Å². The third-order valence-corrected chi connectivity index (χ3v) is 4.65. The molecule has 24 heavy (non-hydrogen) atoms. The Morgan fingerprint density at radius 2 is 2.12 bits per heavy atom. The van der Waals surface area contributed by atoms with Gasteiger partial charge in [0, 0.05) is 18.5 Å². The maximum atomic E-state index is 12.6. The van der Waals surface area contributed by atoms with E-state index in [2.05, 4.69) is 25.6 Å². The van der Waals surface area contributed by atoms with Crippen LogP contribution >= 0.6 is 15.9 Å². The van der Waals surface area contributed by atoms with Crippen LogP contribution in [0.15, 0.2) is 38.2 Å². The van der Waals surface area contributed by atoms with E-state index in [1.54, 1.807) is 6.07 Å². The van der Waals surface area contributed by atoms with Crippen molar-refractivity contribution in [3.8, 4) is 5.75 Å². The molecule has 0 fully saturated rings. The number of sulfonamides is 1. The molecule has 0 spiro atoms. The van der Waals surface area contributed by atoms with Gasteiger partial charge in [-0.1, -0.05) is 15.9 Å². The molecule has 0 unspecified atom stereocenters. The SMILES string of the molecule is COCCOc1ccc(Br)cc1S(=O)(=O)Nc1ncc(C(C)=O)o1. The van der Waals surface area contributed by atoms with Crippen LogP contribution in [0.5, 0.6) is 5.75 Å². The van der Waals surface area contributed by atoms with E-state index in [1.807, 2.05) is 0 Å². The fourth-order valence-corrected chi connectivity index (χ4v) is 3.32. The van der Waals surface area contributed by atoms with E-state index in [4.69, 9.17) is 13.9 Å². The lowest BCUT2D eigenvalue weighted by molar-refractivity contribution is 0.0988. The molecule has 0 aliphatic rings. The van der Waals surface area contributed by atoms with E-state index in [9.17, 15) is 13.2 Å². The summed E-state index contributed by atoms with van der Waals surface area (Å²) in [6.07, 6.45) is 1.15. The van der Waals surface area contributed by atoms with Crippen molar-refractivity contribution in [1.82, 2.24) is 4.98 Å². The number of ketones is 1. The summed E-state index contributed by atoms with van der Waals surface area (Å²) >= 11 is 3.22. The molecule has 130 valence electrons. The number of Topliss-reactive ketones (excluding diaryl/α,β-unsaturated/α-hetero) is 1. The largest absolute Gasteiger partial charge is 0.490 e. The Bertz CT molecular complexity index is 834. The highest BCUT2D eigenvalue weighted by Crippen LogP contribution is 2.29. The van der Waals surface area contributed by atoms with E-state index in [0.717, 1.165) is 6.20 Å². The minimum absolute atomic E-state index is 0.0430. The number of hydrogen-bond acceptors (Lipinski definition) is 7. The molecule has 2 rings (SSSR count). The predicted octanol–water partition coefficient (Wildman–Crippen LogP) is 2.47. The summed E-state index contributed by atoms with van der Waals surface area (Å²) in [5, 5.41) is 0. The molecular formula is C14H15BrN2O6S. The maximum Gasteiger partial charge on any atom is 0.309 e. The first kappa shape index (κ1) is 18.4. The Labute approximate surface area is 147 Å². The van der Waals surface area contributed by atoms with Gasteiger partial charge >= 0.3 is 6.01 Å². The predicted molar refractivity (Wildman–Crippen MR) is 88.8 cm³/mol. The van der Waals surface area contributed by atoms with Gasteiger partial charge in [-0.05, 0) is 18.2 Å². The van der Waals surface area contributed by atoms with Gasteiger partial charge in [0.05, 0.1) is 12.8 Å². The van der Waals surface area contributed by atoms with Crippen molar-refractivity contribution in [1.29, 1.82) is 0 Å². The second-order valence-electron chi connectivity index (χ2n) is 4.62. The molecule has 0 amide bonds. The number of nitrogens with zero attached hydrogens (tertiary/aromatic N) is 1. The summed E-state index contributed by atoms with van der Waals surface area (Å²) in [6, 6.07) is 4.26. The van der Waals surface area contributed by atoms with Crippen molar-refractivity contribution in [2.45, 2.75) is 11.8 Å². The van der Waals surface area contributed by atoms with Gasteiger partial charge in [-0.3, -0.25) is 4.79 Å². The Kier molecular flexibility index (Phi) is 5.97. The summed E-state index contributed by atoms with van der Waals surface area (Å²) in [7, 11) is -2.52. The number of halogens is 1. The first-order chi connectivity index (χ1) is 11.3. The van der Waals surface area contributed by atoms with Crippen molar-refractivity contribution in [3.05, 3.63) is 34.6 Å². The Hall–Kier alpha value is -1.91. The molecule has 1 aromatic carbocycles. The van der Waals surface area contributed by atoms with Crippen LogP contribution in [0.3, 0.4) is 0 Å². The highest BCUT2D eigenvalue weighted by molar-refractivity contribution is 9.10. The van der Waals surface area contributed by atoms with Crippen LogP contribution in [-0.4, -0.2) is 39.5 Å². The van der Waals surface area contributed by atoms with Gasteiger partial charge in [0.2, 0.25) is 0 Å². The van der Waals surface area contributed by atoms with Crippen LogP contribution < -0.4 is 9.46 Å². The molecule has 1 aromatic heterocycles. The van der Waals surface area contributed by atoms with Crippen LogP contribution in [0.1, 0.15) is 17.5 Å². The smallest absolute Gasteiger partial charge is 0.309 e. The molecule has 0 aliphatic heterocycles. The van der Waals surface area contributed by atoms with Crippen molar-refractivity contribution < 1.29 is 27.1 Å². The Morgan fingerprint density at radius 1 is 1.38 bits per heavy atom. The van der Waals surface area contributed by atoms with E-state index in [1.165, 1.54) is 26.2 Å². The molecule has 0 atom stereocenters. The monoisotopic (exact) mass is 418 g/mol. The van der Waals surface area contributed by atoms with Crippen molar-refractivity contribution >= 4 is 37.8 Å². The summed E-state index contributed by atoms with van der Waals surface area (Å²) in [5.41, 5.74) is 0. The lowest BCUT2D eigenvalue weighted by atomic mass is 10.3. The second-order valence-corrected chi connectivity index (χ2v) is 7.19. The first-order valence-corrected chi connectivity index (χ1v) is 9.02. The average molecular weight is 419 g/mol. The van der Waals surface area contributed by atoms with Crippen molar-refractivity contribution in [2.24, 2.45) is 0 Å². The number of hydrogen-bond donors (Lipinski definition) is 1. The summed E-state index contributed by atoms with van der Waals surface area (Å²) in [5.74, 6) is -0.251. The summed E-state index contributed by atoms with van der Waals surface area (Å²) in [6.45, 7) is 1.79. The number of nitrogens with one attached hydrogen (secondary N) is 1. The Morgan fingerprint density at radius 3 is 2.75 bits per heavy atom. The van der Waals surface area contributed by atoms with E-state index >= 15 is 0 Å². The quantitative estimate of drug-likeness (QED) is 0.517. The molecule has 0 radical (unpaired) electrons. The molecular weight excluding hydrogens is 404 g/mol. The zero-order chi connectivity index (χ0) is 17.7. The van der Waals surface area contributed by atoms with Crippen LogP contribution in [0.4, 0.5) is 6.01 Å². The van der Waals surface area contributed by atoms with E-state index < -0.39 is 10.0 Å². The zero-order valence-corrected chi connectivity index (χ0v) is 15.3. The molecule has 8 nitrogen and oxygen atoms in total. The number of rotatable bonds is 8. The number of carbonyl (C=O) groups is 1. The summed E-state index contributed by atoms with van der Waals surface area (Å²) in [4.78, 5) is 14.8. The number of benzene rings is 1. The van der Waals surface area contributed by atoms with Crippen molar-refractivity contribution in [3.63, 3.8) is 0 Å². The number of oxazole rings is 1. The molecule has 2 aromatic rings. The van der Waals surface area contributed by atoms with Gasteiger partial charge < -0.3 is 13.9 Å². The van der Waals surface area contributed by atoms with Crippen LogP contribution in [-0.2, 0) is 14.8 Å². The Balaban J connectivity index is 2.29. The second kappa shape index (κ2) is 7.77. The average Bonchev–Trinajstić information content (AvgIpc) is 2.97. The molecule has 10 heteroatoms. The van der Waals surface area contributed by atoms with Gasteiger partial charge in [0.25, 0.3) is 10.0 Å². The highest BCUT2D eigenvalue weighted by atomic mass is 79.9. The van der Waals surface area contributed by atoms with Gasteiger partial charge in [-0.25, -0.2) is 18.1 Å². The van der Waals surface area contributed by atoms with Gasteiger partial charge in [-0.15, -0.1) is 0 Å². The molecule has 0 aliphatic carbocycles. The van der Waals surface area contributed by atoms with E-state index in [-0.39, 0.29) is 34.8 Å². The molecule has 0 bridgehead atoms. The van der Waals surface area contributed by atoms with Crippen LogP contribution in [0.2, 0.25) is 0 Å². The third-order valence-electron chi connectivity index (χ3n) is 2.81. The molecule has 1 heterocycles. The van der Waals surface area contributed by atoms with E-state index in [0.29, 0.717) is 11.1 Å². The zero-order valence-electron chi connectivity index (χ0n) is 12.9. The molecule has 1 N–H and O–H groups in total. The normalized spacial score (nSPS) is 11.3. The number of anilines is 1. The third kappa shape index (κ3) is 4.56. The lowest BCUT2D eigenvalue weighted by Gasteiger charge is -2.12. The minimum Gasteiger partial charge on any atom is -0.490 e. The van der Waals surface area contributed by atoms with Gasteiger partial charge in [0.15, 0.2) is 11.5 Å². The minimum atomic E-state index is -4.03.